The summed E-state index contributed by atoms with van der Waals surface area (Å²) < 4.78 is 0. The Morgan fingerprint density at radius 2 is 1.74 bits per heavy atom. The SMILES string of the molecule is CCNC(=NCC1CCN(C)CC1)N(C)CC1CCC(C)CC1. The molecule has 0 bridgehead atoms. The summed E-state index contributed by atoms with van der Waals surface area (Å²) in [5.41, 5.74) is 0. The van der Waals surface area contributed by atoms with Gasteiger partial charge in [-0.1, -0.05) is 19.8 Å². The number of guanidine groups is 1. The molecule has 0 aromatic heterocycles. The van der Waals surface area contributed by atoms with Crippen molar-refractivity contribution in [3.8, 4) is 0 Å². The van der Waals surface area contributed by atoms with Gasteiger partial charge in [0.15, 0.2) is 5.96 Å². The Morgan fingerprint density at radius 3 is 2.35 bits per heavy atom. The fourth-order valence-corrected chi connectivity index (χ4v) is 3.92. The van der Waals surface area contributed by atoms with Crippen LogP contribution in [-0.4, -0.2) is 62.6 Å². The van der Waals surface area contributed by atoms with E-state index in [1.165, 1.54) is 51.6 Å². The first-order valence-corrected chi connectivity index (χ1v) is 9.76. The molecule has 0 unspecified atom stereocenters. The Kier molecular flexibility index (Phi) is 7.68. The van der Waals surface area contributed by atoms with Gasteiger partial charge >= 0.3 is 0 Å². The van der Waals surface area contributed by atoms with E-state index in [2.05, 4.69) is 43.1 Å². The fourth-order valence-electron chi connectivity index (χ4n) is 3.92. The molecular formula is C19H38N4. The third-order valence-corrected chi connectivity index (χ3v) is 5.70. The minimum Gasteiger partial charge on any atom is -0.357 e. The highest BCUT2D eigenvalue weighted by Gasteiger charge is 2.21. The molecule has 1 heterocycles. The summed E-state index contributed by atoms with van der Waals surface area (Å²) in [7, 11) is 4.44. The second-order valence-electron chi connectivity index (χ2n) is 7.95. The van der Waals surface area contributed by atoms with Crippen LogP contribution in [0.15, 0.2) is 4.99 Å². The number of nitrogens with one attached hydrogen (secondary N) is 1. The number of nitrogens with zero attached hydrogens (tertiary/aromatic N) is 3. The van der Waals surface area contributed by atoms with E-state index >= 15 is 0 Å². The van der Waals surface area contributed by atoms with E-state index in [4.69, 9.17) is 4.99 Å². The smallest absolute Gasteiger partial charge is 0.193 e. The number of aliphatic imine (C=N–C) groups is 1. The Labute approximate surface area is 143 Å². The average molecular weight is 323 g/mol. The molecule has 23 heavy (non-hydrogen) atoms. The van der Waals surface area contributed by atoms with Crippen molar-refractivity contribution in [1.29, 1.82) is 0 Å². The molecule has 4 nitrogen and oxygen atoms in total. The van der Waals surface area contributed by atoms with E-state index in [0.29, 0.717) is 0 Å². The Bertz CT molecular complexity index is 352. The van der Waals surface area contributed by atoms with E-state index in [1.807, 2.05) is 0 Å². The zero-order chi connectivity index (χ0) is 16.7. The standard InChI is InChI=1S/C19H38N4/c1-5-20-19(21-14-17-10-12-22(3)13-11-17)23(4)15-18-8-6-16(2)7-9-18/h16-18H,5-15H2,1-4H3,(H,20,21). The monoisotopic (exact) mass is 322 g/mol. The normalized spacial score (nSPS) is 27.9. The van der Waals surface area contributed by atoms with Crippen LogP contribution in [0.3, 0.4) is 0 Å². The van der Waals surface area contributed by atoms with Gasteiger partial charge in [-0.25, -0.2) is 0 Å². The topological polar surface area (TPSA) is 30.9 Å². The molecule has 0 radical (unpaired) electrons. The number of likely N-dealkylation sites (tertiary alicyclic amines) is 1. The zero-order valence-corrected chi connectivity index (χ0v) is 15.9. The maximum Gasteiger partial charge on any atom is 0.193 e. The highest BCUT2D eigenvalue weighted by atomic mass is 15.3. The molecule has 2 fully saturated rings. The van der Waals surface area contributed by atoms with Crippen LogP contribution in [-0.2, 0) is 0 Å². The van der Waals surface area contributed by atoms with E-state index < -0.39 is 0 Å². The van der Waals surface area contributed by atoms with Crippen LogP contribution < -0.4 is 5.32 Å². The van der Waals surface area contributed by atoms with Crippen LogP contribution in [0.1, 0.15) is 52.4 Å². The van der Waals surface area contributed by atoms with Crippen molar-refractivity contribution in [3.05, 3.63) is 0 Å². The molecule has 134 valence electrons. The summed E-state index contributed by atoms with van der Waals surface area (Å²) in [6.45, 7) is 10.1. The molecule has 0 atom stereocenters. The maximum absolute atomic E-state index is 4.96. The third-order valence-electron chi connectivity index (χ3n) is 5.70. The van der Waals surface area contributed by atoms with E-state index in [-0.39, 0.29) is 0 Å². The molecule has 1 aliphatic heterocycles. The van der Waals surface area contributed by atoms with Gasteiger partial charge in [-0.15, -0.1) is 0 Å². The zero-order valence-electron chi connectivity index (χ0n) is 15.9. The van der Waals surface area contributed by atoms with Gasteiger partial charge < -0.3 is 15.1 Å². The molecule has 0 spiro atoms. The van der Waals surface area contributed by atoms with Crippen molar-refractivity contribution in [1.82, 2.24) is 15.1 Å². The Hall–Kier alpha value is -0.770. The van der Waals surface area contributed by atoms with Crippen molar-refractivity contribution in [2.45, 2.75) is 52.4 Å². The van der Waals surface area contributed by atoms with Gasteiger partial charge in [-0.3, -0.25) is 4.99 Å². The van der Waals surface area contributed by atoms with Gasteiger partial charge in [-0.2, -0.15) is 0 Å². The van der Waals surface area contributed by atoms with Gasteiger partial charge in [0.2, 0.25) is 0 Å². The lowest BCUT2D eigenvalue weighted by Crippen LogP contribution is -2.42. The molecule has 1 N–H and O–H groups in total. The Balaban J connectivity index is 1.82. The molecule has 2 aliphatic rings. The predicted octanol–water partition coefficient (Wildman–Crippen LogP) is 3.05. The highest BCUT2D eigenvalue weighted by Crippen LogP contribution is 2.28. The van der Waals surface area contributed by atoms with Crippen LogP contribution in [0.5, 0.6) is 0 Å². The van der Waals surface area contributed by atoms with Crippen LogP contribution >= 0.6 is 0 Å². The quantitative estimate of drug-likeness (QED) is 0.623. The number of hydrogen-bond acceptors (Lipinski definition) is 2. The molecule has 1 saturated carbocycles. The fraction of sp³-hybridized carbons (Fsp3) is 0.947. The minimum atomic E-state index is 0.767. The molecule has 0 amide bonds. The summed E-state index contributed by atoms with van der Waals surface area (Å²) in [6.07, 6.45) is 8.18. The lowest BCUT2D eigenvalue weighted by molar-refractivity contribution is 0.222. The number of hydrogen-bond donors (Lipinski definition) is 1. The average Bonchev–Trinajstić information content (AvgIpc) is 2.55. The summed E-state index contributed by atoms with van der Waals surface area (Å²) in [5.74, 6) is 3.67. The maximum atomic E-state index is 4.96. The molecule has 4 heteroatoms. The number of rotatable bonds is 5. The van der Waals surface area contributed by atoms with Crippen molar-refractivity contribution in [2.75, 3.05) is 46.8 Å². The van der Waals surface area contributed by atoms with Crippen LogP contribution in [0.4, 0.5) is 0 Å². The summed E-state index contributed by atoms with van der Waals surface area (Å²) in [5, 5.41) is 3.49. The summed E-state index contributed by atoms with van der Waals surface area (Å²) in [4.78, 5) is 9.76. The Morgan fingerprint density at radius 1 is 1.09 bits per heavy atom. The van der Waals surface area contributed by atoms with Crippen molar-refractivity contribution < 1.29 is 0 Å². The van der Waals surface area contributed by atoms with Gasteiger partial charge in [0.05, 0.1) is 0 Å². The van der Waals surface area contributed by atoms with Gasteiger partial charge in [-0.05, 0) is 70.5 Å². The summed E-state index contributed by atoms with van der Waals surface area (Å²) >= 11 is 0. The summed E-state index contributed by atoms with van der Waals surface area (Å²) in [6, 6.07) is 0. The van der Waals surface area contributed by atoms with E-state index in [9.17, 15) is 0 Å². The molecule has 2 rings (SSSR count). The van der Waals surface area contributed by atoms with Gasteiger partial charge in [0, 0.05) is 26.7 Å². The largest absolute Gasteiger partial charge is 0.357 e. The number of piperidine rings is 1. The third kappa shape index (κ3) is 6.33. The second-order valence-corrected chi connectivity index (χ2v) is 7.95. The van der Waals surface area contributed by atoms with Crippen LogP contribution in [0.25, 0.3) is 0 Å². The highest BCUT2D eigenvalue weighted by molar-refractivity contribution is 5.79. The first kappa shape index (κ1) is 18.6. The molecule has 0 aromatic rings. The van der Waals surface area contributed by atoms with Crippen molar-refractivity contribution >= 4 is 5.96 Å². The molecular weight excluding hydrogens is 284 g/mol. The minimum absolute atomic E-state index is 0.767. The van der Waals surface area contributed by atoms with Crippen molar-refractivity contribution in [3.63, 3.8) is 0 Å². The van der Waals surface area contributed by atoms with Crippen LogP contribution in [0.2, 0.25) is 0 Å². The van der Waals surface area contributed by atoms with Gasteiger partial charge in [0.25, 0.3) is 0 Å². The van der Waals surface area contributed by atoms with E-state index in [1.54, 1.807) is 0 Å². The van der Waals surface area contributed by atoms with Gasteiger partial charge in [0.1, 0.15) is 0 Å². The first-order chi connectivity index (χ1) is 11.1. The molecule has 1 saturated heterocycles. The second kappa shape index (κ2) is 9.51. The first-order valence-electron chi connectivity index (χ1n) is 9.76. The lowest BCUT2D eigenvalue weighted by atomic mass is 9.83. The molecule has 1 aliphatic carbocycles. The van der Waals surface area contributed by atoms with Crippen LogP contribution in [0, 0.1) is 17.8 Å². The predicted molar refractivity (Wildman–Crippen MR) is 100.0 cm³/mol. The van der Waals surface area contributed by atoms with Crippen molar-refractivity contribution in [2.24, 2.45) is 22.7 Å². The molecule has 0 aromatic carbocycles. The van der Waals surface area contributed by atoms with E-state index in [0.717, 1.165) is 43.3 Å². The lowest BCUT2D eigenvalue weighted by Gasteiger charge is -2.32.